The van der Waals surface area contributed by atoms with Crippen molar-refractivity contribution in [2.24, 2.45) is 0 Å². The zero-order valence-corrected chi connectivity index (χ0v) is 26.5. The first-order valence-electron chi connectivity index (χ1n) is 16.6. The van der Waals surface area contributed by atoms with Gasteiger partial charge in [0.2, 0.25) is 0 Å². The van der Waals surface area contributed by atoms with Crippen LogP contribution in [0.25, 0.3) is 98.8 Å². The summed E-state index contributed by atoms with van der Waals surface area (Å²) >= 11 is 0. The van der Waals surface area contributed by atoms with E-state index in [0.717, 1.165) is 33.1 Å². The number of aryl methyl sites for hydroxylation is 1. The molecule has 0 saturated heterocycles. The van der Waals surface area contributed by atoms with E-state index in [0.29, 0.717) is 0 Å². The Morgan fingerprint density at radius 1 is 0.354 bits per heavy atom. The first-order chi connectivity index (χ1) is 23.7. The minimum absolute atomic E-state index is 0.913. The predicted octanol–water partition coefficient (Wildman–Crippen LogP) is 13.5. The molecular weight excluding hydrogens is 581 g/mol. The quantitative estimate of drug-likeness (QED) is 0.181. The van der Waals surface area contributed by atoms with E-state index in [1.807, 2.05) is 6.07 Å². The summed E-state index contributed by atoms with van der Waals surface area (Å²) in [5.74, 6) is 0. The highest BCUT2D eigenvalue weighted by atomic mass is 16.3. The highest BCUT2D eigenvalue weighted by Gasteiger charge is 2.18. The van der Waals surface area contributed by atoms with Crippen LogP contribution in [-0.2, 0) is 0 Å². The minimum Gasteiger partial charge on any atom is -0.455 e. The van der Waals surface area contributed by atoms with Crippen molar-refractivity contribution in [3.63, 3.8) is 0 Å². The second kappa shape index (κ2) is 10.4. The molecule has 0 saturated carbocycles. The third-order valence-electron chi connectivity index (χ3n) is 10.1. The van der Waals surface area contributed by atoms with Gasteiger partial charge < -0.3 is 4.42 Å². The van der Waals surface area contributed by atoms with E-state index in [9.17, 15) is 0 Å². The Labute approximate surface area is 278 Å². The van der Waals surface area contributed by atoms with Gasteiger partial charge in [0, 0.05) is 16.3 Å². The van der Waals surface area contributed by atoms with E-state index in [-0.39, 0.29) is 0 Å². The van der Waals surface area contributed by atoms with Crippen LogP contribution in [0.2, 0.25) is 0 Å². The Bertz CT molecular complexity index is 2820. The Hall–Kier alpha value is -6.18. The summed E-state index contributed by atoms with van der Waals surface area (Å²) < 4.78 is 6.53. The predicted molar refractivity (Wildman–Crippen MR) is 204 cm³/mol. The second-order valence-electron chi connectivity index (χ2n) is 13.0. The van der Waals surface area contributed by atoms with Crippen molar-refractivity contribution in [1.29, 1.82) is 0 Å². The Balaban J connectivity index is 1.24. The van der Waals surface area contributed by atoms with Crippen LogP contribution >= 0.6 is 0 Å². The van der Waals surface area contributed by atoms with Crippen molar-refractivity contribution in [3.05, 3.63) is 169 Å². The van der Waals surface area contributed by atoms with Gasteiger partial charge in [-0.2, -0.15) is 0 Å². The van der Waals surface area contributed by atoms with Gasteiger partial charge in [-0.1, -0.05) is 145 Å². The van der Waals surface area contributed by atoms with Crippen LogP contribution < -0.4 is 0 Å². The minimum atomic E-state index is 0.913. The maximum atomic E-state index is 6.53. The lowest BCUT2D eigenvalue weighted by molar-refractivity contribution is 0.670. The van der Waals surface area contributed by atoms with Gasteiger partial charge in [-0.05, 0) is 102 Å². The first-order valence-corrected chi connectivity index (χ1v) is 16.6. The zero-order chi connectivity index (χ0) is 31.8. The molecule has 1 nitrogen and oxygen atoms in total. The zero-order valence-electron chi connectivity index (χ0n) is 26.5. The molecule has 0 amide bonds. The molecule has 10 aromatic rings. The normalized spacial score (nSPS) is 11.9. The highest BCUT2D eigenvalue weighted by molar-refractivity contribution is 6.27. The number of fused-ring (bicyclic) bond motifs is 3. The third-order valence-corrected chi connectivity index (χ3v) is 10.1. The lowest BCUT2D eigenvalue weighted by Crippen LogP contribution is -1.91. The van der Waals surface area contributed by atoms with Crippen molar-refractivity contribution in [2.75, 3.05) is 0 Å². The molecule has 0 radical (unpaired) electrons. The molecule has 10 rings (SSSR count). The average Bonchev–Trinajstić information content (AvgIpc) is 3.53. The molecule has 9 aromatic carbocycles. The molecular formula is C47H30O. The molecule has 1 aromatic heterocycles. The van der Waals surface area contributed by atoms with E-state index in [4.69, 9.17) is 4.42 Å². The molecule has 0 unspecified atom stereocenters. The molecule has 0 bridgehead atoms. The molecule has 0 fully saturated rings. The smallest absolute Gasteiger partial charge is 0.143 e. The van der Waals surface area contributed by atoms with E-state index < -0.39 is 0 Å². The van der Waals surface area contributed by atoms with Crippen LogP contribution in [0.1, 0.15) is 5.56 Å². The third kappa shape index (κ3) is 4.11. The monoisotopic (exact) mass is 610 g/mol. The van der Waals surface area contributed by atoms with E-state index in [1.165, 1.54) is 71.3 Å². The van der Waals surface area contributed by atoms with Crippen molar-refractivity contribution >= 4 is 54.3 Å². The lowest BCUT2D eigenvalue weighted by atomic mass is 9.86. The molecule has 1 heteroatoms. The summed E-state index contributed by atoms with van der Waals surface area (Å²) in [5.41, 5.74) is 12.7. The summed E-state index contributed by atoms with van der Waals surface area (Å²) in [6.45, 7) is 2.14. The van der Waals surface area contributed by atoms with Gasteiger partial charge >= 0.3 is 0 Å². The van der Waals surface area contributed by atoms with Crippen LogP contribution in [0, 0.1) is 6.92 Å². The first kappa shape index (κ1) is 27.0. The molecule has 1 heterocycles. The second-order valence-corrected chi connectivity index (χ2v) is 13.0. The highest BCUT2D eigenvalue weighted by Crippen LogP contribution is 2.44. The van der Waals surface area contributed by atoms with Gasteiger partial charge in [0.25, 0.3) is 0 Å². The van der Waals surface area contributed by atoms with E-state index >= 15 is 0 Å². The molecule has 0 aliphatic rings. The standard InChI is InChI=1S/C47H30O/c1-29-14-16-31(17-15-29)37-22-18-32-21-25-42-38(23-19-33-20-24-41(37)45(32)46(33)42)35-26-34(30-8-3-2-4-9-30)27-36(28-35)39-11-7-12-43-40-10-5-6-13-44(40)48-47(39)43/h2-28H,1H3. The van der Waals surface area contributed by atoms with E-state index in [1.54, 1.807) is 0 Å². The number of para-hydroxylation sites is 2. The van der Waals surface area contributed by atoms with Crippen LogP contribution in [0.15, 0.2) is 168 Å². The number of benzene rings is 9. The van der Waals surface area contributed by atoms with Crippen LogP contribution in [-0.4, -0.2) is 0 Å². The number of hydrogen-bond acceptors (Lipinski definition) is 1. The molecule has 0 atom stereocenters. The van der Waals surface area contributed by atoms with Crippen LogP contribution in [0.3, 0.4) is 0 Å². The Morgan fingerprint density at radius 2 is 0.938 bits per heavy atom. The molecule has 224 valence electrons. The Morgan fingerprint density at radius 3 is 1.67 bits per heavy atom. The molecule has 0 aliphatic heterocycles. The van der Waals surface area contributed by atoms with Crippen molar-refractivity contribution < 1.29 is 4.42 Å². The largest absolute Gasteiger partial charge is 0.455 e. The topological polar surface area (TPSA) is 13.1 Å². The average molecular weight is 611 g/mol. The summed E-state index contributed by atoms with van der Waals surface area (Å²) in [5, 5.41) is 10.0. The summed E-state index contributed by atoms with van der Waals surface area (Å²) in [4.78, 5) is 0. The lowest BCUT2D eigenvalue weighted by Gasteiger charge is -2.18. The van der Waals surface area contributed by atoms with Gasteiger partial charge in [0.15, 0.2) is 0 Å². The van der Waals surface area contributed by atoms with Crippen molar-refractivity contribution in [3.8, 4) is 44.5 Å². The summed E-state index contributed by atoms with van der Waals surface area (Å²) in [7, 11) is 0. The Kier molecular flexibility index (Phi) is 5.86. The maximum absolute atomic E-state index is 6.53. The van der Waals surface area contributed by atoms with Gasteiger partial charge in [0.1, 0.15) is 11.2 Å². The fourth-order valence-electron chi connectivity index (χ4n) is 7.75. The van der Waals surface area contributed by atoms with Crippen molar-refractivity contribution in [2.45, 2.75) is 6.92 Å². The van der Waals surface area contributed by atoms with Crippen molar-refractivity contribution in [1.82, 2.24) is 0 Å². The molecule has 48 heavy (non-hydrogen) atoms. The fraction of sp³-hybridized carbons (Fsp3) is 0.0213. The van der Waals surface area contributed by atoms with Crippen LogP contribution in [0.4, 0.5) is 0 Å². The van der Waals surface area contributed by atoms with Gasteiger partial charge in [0.05, 0.1) is 0 Å². The van der Waals surface area contributed by atoms with Gasteiger partial charge in [-0.25, -0.2) is 0 Å². The van der Waals surface area contributed by atoms with E-state index in [2.05, 4.69) is 165 Å². The maximum Gasteiger partial charge on any atom is 0.143 e. The number of rotatable bonds is 4. The fourth-order valence-corrected chi connectivity index (χ4v) is 7.75. The summed E-state index contributed by atoms with van der Waals surface area (Å²) in [6, 6.07) is 59.8. The SMILES string of the molecule is Cc1ccc(-c2ccc3ccc4c(-c5cc(-c6ccccc6)cc(-c6cccc7c6oc6ccccc67)c5)ccc5ccc2c3c54)cc1. The molecule has 0 N–H and O–H groups in total. The number of furan rings is 1. The molecule has 0 spiro atoms. The van der Waals surface area contributed by atoms with Gasteiger partial charge in [-0.3, -0.25) is 0 Å². The van der Waals surface area contributed by atoms with Gasteiger partial charge in [-0.15, -0.1) is 0 Å². The van der Waals surface area contributed by atoms with Crippen LogP contribution in [0.5, 0.6) is 0 Å². The summed E-state index contributed by atoms with van der Waals surface area (Å²) in [6.07, 6.45) is 0. The molecule has 0 aliphatic carbocycles. The number of hydrogen-bond donors (Lipinski definition) is 0.